The van der Waals surface area contributed by atoms with Crippen LogP contribution in [-0.4, -0.2) is 35.4 Å². The molecule has 1 aliphatic heterocycles. The maximum Gasteiger partial charge on any atom is 0.228 e. The molecule has 31 heavy (non-hydrogen) atoms. The van der Waals surface area contributed by atoms with Crippen molar-refractivity contribution < 1.29 is 9.53 Å². The summed E-state index contributed by atoms with van der Waals surface area (Å²) in [4.78, 5) is 12.5. The van der Waals surface area contributed by atoms with E-state index in [1.165, 1.54) is 0 Å². The quantitative estimate of drug-likeness (QED) is 0.577. The molecule has 0 unspecified atom stereocenters. The molecule has 1 saturated heterocycles. The summed E-state index contributed by atoms with van der Waals surface area (Å²) in [5, 5.41) is 11.3. The molecule has 3 aromatic rings. The lowest BCUT2D eigenvalue weighted by molar-refractivity contribution is -0.115. The van der Waals surface area contributed by atoms with Crippen molar-refractivity contribution in [3.63, 3.8) is 0 Å². The molecule has 2 N–H and O–H groups in total. The second-order valence-corrected chi connectivity index (χ2v) is 8.34. The third-order valence-corrected chi connectivity index (χ3v) is 5.82. The molecule has 0 atom stereocenters. The van der Waals surface area contributed by atoms with Crippen molar-refractivity contribution in [1.29, 1.82) is 0 Å². The van der Waals surface area contributed by atoms with E-state index < -0.39 is 0 Å². The number of aryl methyl sites for hydroxylation is 1. The van der Waals surface area contributed by atoms with E-state index in [4.69, 9.17) is 16.3 Å². The van der Waals surface area contributed by atoms with Crippen LogP contribution in [-0.2, 0) is 18.3 Å². The Balaban J connectivity index is 1.50. The van der Waals surface area contributed by atoms with Crippen LogP contribution in [0.15, 0.2) is 54.7 Å². The fourth-order valence-electron chi connectivity index (χ4n) is 3.82. The number of halogens is 1. The average Bonchev–Trinajstić information content (AvgIpc) is 3.21. The van der Waals surface area contributed by atoms with Crippen molar-refractivity contribution in [1.82, 2.24) is 15.1 Å². The van der Waals surface area contributed by atoms with Gasteiger partial charge in [-0.05, 0) is 73.8 Å². The third kappa shape index (κ3) is 5.66. The normalized spacial score (nSPS) is 14.4. The van der Waals surface area contributed by atoms with Crippen molar-refractivity contribution in [3.8, 4) is 17.0 Å². The molecule has 1 amide bonds. The summed E-state index contributed by atoms with van der Waals surface area (Å²) in [6.07, 6.45) is 4.30. The number of hydrogen-bond acceptors (Lipinski definition) is 4. The molecule has 1 fully saturated rings. The number of hydrogen-bond donors (Lipinski definition) is 2. The summed E-state index contributed by atoms with van der Waals surface area (Å²) < 4.78 is 8.04. The highest BCUT2D eigenvalue weighted by Crippen LogP contribution is 2.33. The predicted octanol–water partition coefficient (Wildman–Crippen LogP) is 4.30. The van der Waals surface area contributed by atoms with Crippen molar-refractivity contribution in [3.05, 3.63) is 65.3 Å². The number of anilines is 1. The number of rotatable bonds is 7. The van der Waals surface area contributed by atoms with Gasteiger partial charge in [-0.3, -0.25) is 9.48 Å². The number of carbonyl (C=O) groups excluding carboxylic acids is 1. The van der Waals surface area contributed by atoms with Gasteiger partial charge in [-0.25, -0.2) is 0 Å². The van der Waals surface area contributed by atoms with Crippen LogP contribution in [0, 0.1) is 5.92 Å². The first-order valence-corrected chi connectivity index (χ1v) is 11.0. The summed E-state index contributed by atoms with van der Waals surface area (Å²) in [6.45, 7) is 2.78. The molecule has 2 aromatic carbocycles. The Morgan fingerprint density at radius 3 is 2.68 bits per heavy atom. The molecule has 162 valence electrons. The zero-order valence-corrected chi connectivity index (χ0v) is 18.4. The molecule has 0 aliphatic carbocycles. The summed E-state index contributed by atoms with van der Waals surface area (Å²) in [7, 11) is 1.90. The Bertz CT molecular complexity index is 1030. The van der Waals surface area contributed by atoms with Crippen molar-refractivity contribution in [2.75, 3.05) is 25.0 Å². The highest BCUT2D eigenvalue weighted by atomic mass is 35.5. The lowest BCUT2D eigenvalue weighted by atomic mass is 9.99. The molecular formula is C24H27ClN4O2. The molecule has 1 aliphatic rings. The summed E-state index contributed by atoms with van der Waals surface area (Å²) >= 11 is 5.92. The molecule has 0 radical (unpaired) electrons. The number of carbonyl (C=O) groups is 1. The van der Waals surface area contributed by atoms with Crippen LogP contribution in [0.5, 0.6) is 5.75 Å². The van der Waals surface area contributed by atoms with Crippen LogP contribution in [0.3, 0.4) is 0 Å². The monoisotopic (exact) mass is 438 g/mol. The highest BCUT2D eigenvalue weighted by molar-refractivity contribution is 6.30. The van der Waals surface area contributed by atoms with E-state index in [0.29, 0.717) is 17.5 Å². The standard InChI is InChI=1S/C24H27ClN4O2/c1-29-22(10-13-27-29)21-15-20(28-24(30)14-17-2-4-19(25)5-3-17)6-7-23(21)31-16-18-8-11-26-12-9-18/h2-7,10,13,15,18,26H,8-9,11-12,14,16H2,1H3,(H,28,30). The lowest BCUT2D eigenvalue weighted by Gasteiger charge is -2.23. The summed E-state index contributed by atoms with van der Waals surface area (Å²) in [5.74, 6) is 1.28. The lowest BCUT2D eigenvalue weighted by Crippen LogP contribution is -2.30. The smallest absolute Gasteiger partial charge is 0.228 e. The fourth-order valence-corrected chi connectivity index (χ4v) is 3.95. The van der Waals surface area contributed by atoms with E-state index in [0.717, 1.165) is 54.2 Å². The van der Waals surface area contributed by atoms with Crippen LogP contribution in [0.25, 0.3) is 11.3 Å². The Kier molecular flexibility index (Phi) is 6.89. The predicted molar refractivity (Wildman–Crippen MR) is 124 cm³/mol. The molecule has 0 spiro atoms. The third-order valence-electron chi connectivity index (χ3n) is 5.57. The second kappa shape index (κ2) is 9.98. The van der Waals surface area contributed by atoms with Gasteiger partial charge in [0.05, 0.1) is 18.7 Å². The maximum absolute atomic E-state index is 12.5. The fraction of sp³-hybridized carbons (Fsp3) is 0.333. The molecule has 6 nitrogen and oxygen atoms in total. The van der Waals surface area contributed by atoms with Crippen LogP contribution in [0.4, 0.5) is 5.69 Å². The van der Waals surface area contributed by atoms with Gasteiger partial charge in [0.25, 0.3) is 0 Å². The second-order valence-electron chi connectivity index (χ2n) is 7.91. The SMILES string of the molecule is Cn1nccc1-c1cc(NC(=O)Cc2ccc(Cl)cc2)ccc1OCC1CCNCC1. The molecule has 0 bridgehead atoms. The Morgan fingerprint density at radius 2 is 1.97 bits per heavy atom. The number of nitrogens with one attached hydrogen (secondary N) is 2. The van der Waals surface area contributed by atoms with Gasteiger partial charge < -0.3 is 15.4 Å². The van der Waals surface area contributed by atoms with Gasteiger partial charge in [0.1, 0.15) is 5.75 Å². The number of aromatic nitrogens is 2. The van der Waals surface area contributed by atoms with Gasteiger partial charge in [-0.2, -0.15) is 5.10 Å². The minimum Gasteiger partial charge on any atom is -0.493 e. The number of piperidine rings is 1. The van der Waals surface area contributed by atoms with E-state index in [-0.39, 0.29) is 12.3 Å². The molecule has 0 saturated carbocycles. The van der Waals surface area contributed by atoms with E-state index in [1.807, 2.05) is 48.1 Å². The van der Waals surface area contributed by atoms with Gasteiger partial charge in [0, 0.05) is 29.5 Å². The summed E-state index contributed by atoms with van der Waals surface area (Å²) in [5.41, 5.74) is 3.49. The van der Waals surface area contributed by atoms with Gasteiger partial charge >= 0.3 is 0 Å². The van der Waals surface area contributed by atoms with Gasteiger partial charge in [0.15, 0.2) is 0 Å². The highest BCUT2D eigenvalue weighted by Gasteiger charge is 2.17. The molecular weight excluding hydrogens is 412 g/mol. The molecule has 2 heterocycles. The maximum atomic E-state index is 12.5. The van der Waals surface area contributed by atoms with Gasteiger partial charge in [0.2, 0.25) is 5.91 Å². The first kappa shape index (κ1) is 21.4. The number of nitrogens with zero attached hydrogens (tertiary/aromatic N) is 2. The Labute approximate surface area is 187 Å². The zero-order valence-electron chi connectivity index (χ0n) is 17.6. The molecule has 1 aromatic heterocycles. The van der Waals surface area contributed by atoms with Crippen molar-refractivity contribution in [2.24, 2.45) is 13.0 Å². The Morgan fingerprint density at radius 1 is 1.19 bits per heavy atom. The van der Waals surface area contributed by atoms with Crippen LogP contribution in [0.1, 0.15) is 18.4 Å². The van der Waals surface area contributed by atoms with E-state index in [1.54, 1.807) is 18.3 Å². The van der Waals surface area contributed by atoms with E-state index in [9.17, 15) is 4.79 Å². The topological polar surface area (TPSA) is 68.2 Å². The van der Waals surface area contributed by atoms with Crippen LogP contribution in [0.2, 0.25) is 5.02 Å². The molecule has 7 heteroatoms. The van der Waals surface area contributed by atoms with Crippen LogP contribution < -0.4 is 15.4 Å². The summed E-state index contributed by atoms with van der Waals surface area (Å²) in [6, 6.07) is 15.0. The first-order valence-electron chi connectivity index (χ1n) is 10.6. The van der Waals surface area contributed by atoms with E-state index in [2.05, 4.69) is 15.7 Å². The van der Waals surface area contributed by atoms with Crippen LogP contribution >= 0.6 is 11.6 Å². The number of ether oxygens (including phenoxy) is 1. The van der Waals surface area contributed by atoms with Crippen molar-refractivity contribution in [2.45, 2.75) is 19.3 Å². The molecule has 4 rings (SSSR count). The Hall–Kier alpha value is -2.83. The first-order chi connectivity index (χ1) is 15.1. The zero-order chi connectivity index (χ0) is 21.6. The minimum absolute atomic E-state index is 0.0818. The number of benzene rings is 2. The van der Waals surface area contributed by atoms with Gasteiger partial charge in [-0.15, -0.1) is 0 Å². The largest absolute Gasteiger partial charge is 0.493 e. The van der Waals surface area contributed by atoms with Gasteiger partial charge in [-0.1, -0.05) is 23.7 Å². The minimum atomic E-state index is -0.0818. The van der Waals surface area contributed by atoms with E-state index >= 15 is 0 Å². The average molecular weight is 439 g/mol. The van der Waals surface area contributed by atoms with Crippen molar-refractivity contribution >= 4 is 23.2 Å². The number of amides is 1.